The normalized spacial score (nSPS) is 11.1. The van der Waals surface area contributed by atoms with Gasteiger partial charge in [0.25, 0.3) is 5.91 Å². The lowest BCUT2D eigenvalue weighted by Gasteiger charge is -2.26. The van der Waals surface area contributed by atoms with Crippen LogP contribution >= 0.6 is 0 Å². The van der Waals surface area contributed by atoms with Crippen molar-refractivity contribution in [3.05, 3.63) is 149 Å². The van der Waals surface area contributed by atoms with E-state index >= 15 is 0 Å². The van der Waals surface area contributed by atoms with Crippen molar-refractivity contribution in [3.8, 4) is 0 Å². The van der Waals surface area contributed by atoms with Crippen molar-refractivity contribution in [2.75, 3.05) is 0 Å². The van der Waals surface area contributed by atoms with Crippen LogP contribution in [0, 0.1) is 6.92 Å². The molecule has 4 rings (SSSR count). The molecule has 3 heteroatoms. The third-order valence-electron chi connectivity index (χ3n) is 5.41. The first-order chi connectivity index (χ1) is 16.1. The molecule has 0 saturated heterocycles. The molecule has 162 valence electrons. The van der Waals surface area contributed by atoms with Crippen molar-refractivity contribution >= 4 is 17.4 Å². The summed E-state index contributed by atoms with van der Waals surface area (Å²) in [7, 11) is 0. The molecule has 0 fully saturated rings. The zero-order chi connectivity index (χ0) is 23.0. The van der Waals surface area contributed by atoms with Gasteiger partial charge in [0.1, 0.15) is 0 Å². The van der Waals surface area contributed by atoms with Gasteiger partial charge in [0.15, 0.2) is 5.78 Å². The SMILES string of the molecule is Cc1ccc(CN(C(=O)c2ccccc2)C(=CC(=O)c2ccccc2)c2ccccc2)cc1. The Morgan fingerprint density at radius 1 is 0.636 bits per heavy atom. The highest BCUT2D eigenvalue weighted by Crippen LogP contribution is 2.25. The Bertz CT molecular complexity index is 1250. The second kappa shape index (κ2) is 10.4. The summed E-state index contributed by atoms with van der Waals surface area (Å²) in [6.07, 6.45) is 1.57. The molecule has 0 aliphatic rings. The highest BCUT2D eigenvalue weighted by Gasteiger charge is 2.22. The maximum absolute atomic E-state index is 13.7. The number of hydrogen-bond acceptors (Lipinski definition) is 2. The van der Waals surface area contributed by atoms with Crippen molar-refractivity contribution in [3.63, 3.8) is 0 Å². The number of carbonyl (C=O) groups excluding carboxylic acids is 2. The molecule has 0 atom stereocenters. The Balaban J connectivity index is 1.83. The third kappa shape index (κ3) is 5.52. The summed E-state index contributed by atoms with van der Waals surface area (Å²) in [5.74, 6) is -0.309. The van der Waals surface area contributed by atoms with Crippen LogP contribution in [0.4, 0.5) is 0 Å². The molecule has 33 heavy (non-hydrogen) atoms. The van der Waals surface area contributed by atoms with E-state index in [0.29, 0.717) is 23.4 Å². The Morgan fingerprint density at radius 3 is 1.67 bits per heavy atom. The number of hydrogen-bond donors (Lipinski definition) is 0. The number of ketones is 1. The van der Waals surface area contributed by atoms with Crippen LogP contribution in [0.1, 0.15) is 37.4 Å². The van der Waals surface area contributed by atoms with E-state index in [1.165, 1.54) is 0 Å². The number of benzene rings is 4. The predicted molar refractivity (Wildman–Crippen MR) is 133 cm³/mol. The molecule has 0 N–H and O–H groups in total. The largest absolute Gasteiger partial charge is 0.303 e. The first-order valence-electron chi connectivity index (χ1n) is 10.9. The molecule has 4 aromatic carbocycles. The zero-order valence-electron chi connectivity index (χ0n) is 18.5. The van der Waals surface area contributed by atoms with Gasteiger partial charge in [-0.3, -0.25) is 9.59 Å². The third-order valence-corrected chi connectivity index (χ3v) is 5.41. The van der Waals surface area contributed by atoms with E-state index < -0.39 is 0 Å². The first kappa shape index (κ1) is 22.0. The lowest BCUT2D eigenvalue weighted by atomic mass is 10.0. The van der Waals surface area contributed by atoms with Gasteiger partial charge in [-0.15, -0.1) is 0 Å². The highest BCUT2D eigenvalue weighted by molar-refractivity contribution is 6.10. The van der Waals surface area contributed by atoms with Crippen molar-refractivity contribution in [1.29, 1.82) is 0 Å². The average molecular weight is 432 g/mol. The second-order valence-electron chi connectivity index (χ2n) is 7.87. The summed E-state index contributed by atoms with van der Waals surface area (Å²) >= 11 is 0. The van der Waals surface area contributed by atoms with Crippen LogP contribution < -0.4 is 0 Å². The van der Waals surface area contributed by atoms with Gasteiger partial charge in [0.2, 0.25) is 0 Å². The van der Waals surface area contributed by atoms with Crippen LogP contribution in [0.5, 0.6) is 0 Å². The monoisotopic (exact) mass is 431 g/mol. The van der Waals surface area contributed by atoms with Crippen LogP contribution in [-0.2, 0) is 6.54 Å². The summed E-state index contributed by atoms with van der Waals surface area (Å²) in [5.41, 5.74) is 4.65. The topological polar surface area (TPSA) is 37.4 Å². The number of nitrogens with zero attached hydrogens (tertiary/aromatic N) is 1. The van der Waals surface area contributed by atoms with Gasteiger partial charge in [0, 0.05) is 17.2 Å². The zero-order valence-corrected chi connectivity index (χ0v) is 18.5. The van der Waals surface area contributed by atoms with E-state index in [1.807, 2.05) is 97.9 Å². The smallest absolute Gasteiger partial charge is 0.258 e. The molecule has 4 aromatic rings. The summed E-state index contributed by atoms with van der Waals surface area (Å²) < 4.78 is 0. The maximum atomic E-state index is 13.7. The number of amides is 1. The van der Waals surface area contributed by atoms with E-state index in [2.05, 4.69) is 0 Å². The van der Waals surface area contributed by atoms with Crippen LogP contribution in [0.25, 0.3) is 5.70 Å². The average Bonchev–Trinajstić information content (AvgIpc) is 2.88. The molecule has 0 aliphatic heterocycles. The second-order valence-corrected chi connectivity index (χ2v) is 7.87. The highest BCUT2D eigenvalue weighted by atomic mass is 16.2. The molecule has 0 unspecified atom stereocenters. The minimum atomic E-state index is -0.160. The van der Waals surface area contributed by atoms with Gasteiger partial charge in [0.05, 0.1) is 12.2 Å². The van der Waals surface area contributed by atoms with Gasteiger partial charge >= 0.3 is 0 Å². The number of rotatable bonds is 7. The summed E-state index contributed by atoms with van der Waals surface area (Å²) in [5, 5.41) is 0. The number of allylic oxidation sites excluding steroid dienone is 1. The summed E-state index contributed by atoms with van der Waals surface area (Å²) in [6.45, 7) is 2.38. The molecule has 0 aliphatic carbocycles. The van der Waals surface area contributed by atoms with Gasteiger partial charge in [-0.2, -0.15) is 0 Å². The predicted octanol–water partition coefficient (Wildman–Crippen LogP) is 6.56. The molecule has 0 bridgehead atoms. The summed E-state index contributed by atoms with van der Waals surface area (Å²) in [4.78, 5) is 28.6. The van der Waals surface area contributed by atoms with E-state index in [-0.39, 0.29) is 11.7 Å². The van der Waals surface area contributed by atoms with Crippen molar-refractivity contribution in [2.45, 2.75) is 13.5 Å². The quantitative estimate of drug-likeness (QED) is 0.245. The maximum Gasteiger partial charge on any atom is 0.258 e. The lowest BCUT2D eigenvalue weighted by molar-refractivity contribution is 0.0827. The number of aryl methyl sites for hydroxylation is 1. The van der Waals surface area contributed by atoms with Crippen molar-refractivity contribution in [2.24, 2.45) is 0 Å². The fourth-order valence-electron chi connectivity index (χ4n) is 3.61. The lowest BCUT2D eigenvalue weighted by Crippen LogP contribution is -2.29. The minimum absolute atomic E-state index is 0.149. The Labute approximate surface area is 194 Å². The van der Waals surface area contributed by atoms with Crippen LogP contribution in [0.3, 0.4) is 0 Å². The van der Waals surface area contributed by atoms with Crippen LogP contribution in [0.15, 0.2) is 121 Å². The molecular weight excluding hydrogens is 406 g/mol. The van der Waals surface area contributed by atoms with Gasteiger partial charge in [-0.1, -0.05) is 109 Å². The van der Waals surface area contributed by atoms with Gasteiger partial charge in [-0.25, -0.2) is 0 Å². The molecule has 0 radical (unpaired) electrons. The molecular formula is C30H25NO2. The van der Waals surface area contributed by atoms with E-state index in [9.17, 15) is 9.59 Å². The fraction of sp³-hybridized carbons (Fsp3) is 0.0667. The van der Waals surface area contributed by atoms with E-state index in [4.69, 9.17) is 0 Å². The van der Waals surface area contributed by atoms with Crippen LogP contribution in [0.2, 0.25) is 0 Å². The van der Waals surface area contributed by atoms with Gasteiger partial charge < -0.3 is 4.90 Å². The minimum Gasteiger partial charge on any atom is -0.303 e. The molecule has 0 spiro atoms. The molecule has 1 amide bonds. The fourth-order valence-corrected chi connectivity index (χ4v) is 3.61. The Kier molecular flexibility index (Phi) is 6.91. The van der Waals surface area contributed by atoms with Gasteiger partial charge in [-0.05, 0) is 30.2 Å². The Morgan fingerprint density at radius 2 is 1.12 bits per heavy atom. The molecule has 0 saturated carbocycles. The Hall–Kier alpha value is -4.24. The van der Waals surface area contributed by atoms with E-state index in [1.54, 1.807) is 35.2 Å². The standard InChI is InChI=1S/C30H25NO2/c1-23-17-19-24(20-18-23)22-31(30(33)27-15-9-4-10-16-27)28(25-11-5-2-6-12-25)21-29(32)26-13-7-3-8-14-26/h2-21H,22H2,1H3. The van der Waals surface area contributed by atoms with E-state index in [0.717, 1.165) is 16.7 Å². The first-order valence-corrected chi connectivity index (χ1v) is 10.9. The van der Waals surface area contributed by atoms with Crippen molar-refractivity contribution < 1.29 is 9.59 Å². The summed E-state index contributed by atoms with van der Waals surface area (Å²) in [6, 6.07) is 36.0. The molecule has 0 heterocycles. The molecule has 3 nitrogen and oxygen atoms in total. The van der Waals surface area contributed by atoms with Crippen molar-refractivity contribution in [1.82, 2.24) is 4.90 Å². The number of carbonyl (C=O) groups is 2. The van der Waals surface area contributed by atoms with Crippen LogP contribution in [-0.4, -0.2) is 16.6 Å². The molecule has 0 aromatic heterocycles.